The van der Waals surface area contributed by atoms with Crippen molar-refractivity contribution in [2.75, 3.05) is 7.11 Å². The van der Waals surface area contributed by atoms with Crippen molar-refractivity contribution >= 4 is 17.4 Å². The fraction of sp³-hybridized carbons (Fsp3) is 0.115. The number of ether oxygens (including phenoxy) is 3. The van der Waals surface area contributed by atoms with E-state index in [2.05, 4.69) is 5.16 Å². The maximum absolute atomic E-state index is 9.51. The molecule has 0 amide bonds. The first-order valence-corrected chi connectivity index (χ1v) is 9.92. The molecule has 0 bridgehead atoms. The zero-order chi connectivity index (χ0) is 21.6. The van der Waals surface area contributed by atoms with Crippen LogP contribution in [0.4, 0.5) is 0 Å². The quantitative estimate of drug-likeness (QED) is 0.403. The second kappa shape index (κ2) is 9.22. The van der Waals surface area contributed by atoms with E-state index in [1.165, 1.54) is 0 Å². The van der Waals surface area contributed by atoms with Gasteiger partial charge in [-0.3, -0.25) is 0 Å². The van der Waals surface area contributed by atoms with Crippen molar-refractivity contribution in [2.45, 2.75) is 13.5 Å². The molecule has 1 heterocycles. The van der Waals surface area contributed by atoms with Gasteiger partial charge < -0.3 is 19.4 Å². The molecule has 3 aromatic rings. The van der Waals surface area contributed by atoms with Crippen LogP contribution >= 0.6 is 0 Å². The van der Waals surface area contributed by atoms with Crippen LogP contribution in [-0.2, 0) is 11.3 Å². The Morgan fingerprint density at radius 2 is 1.74 bits per heavy atom. The van der Waals surface area contributed by atoms with Crippen molar-refractivity contribution < 1.29 is 19.4 Å². The first-order valence-electron chi connectivity index (χ1n) is 9.92. The maximum Gasteiger partial charge on any atom is 0.187 e. The highest BCUT2D eigenvalue weighted by atomic mass is 16.5. The van der Waals surface area contributed by atoms with Crippen LogP contribution in [0.3, 0.4) is 0 Å². The van der Waals surface area contributed by atoms with Gasteiger partial charge >= 0.3 is 0 Å². The van der Waals surface area contributed by atoms with Crippen molar-refractivity contribution in [1.29, 1.82) is 0 Å². The number of hydrogen-bond donors (Lipinski definition) is 1. The van der Waals surface area contributed by atoms with Gasteiger partial charge in [-0.05, 0) is 54.0 Å². The van der Waals surface area contributed by atoms with E-state index in [1.54, 1.807) is 7.11 Å². The largest absolute Gasteiger partial charge is 0.497 e. The molecule has 1 fully saturated rings. The minimum atomic E-state index is 0.421. The third-order valence-corrected chi connectivity index (χ3v) is 5.03. The standard InChI is InChI=1S/C26H23NO4/c1-18(21-11-13-22(14-12-21)30-17-19-7-4-3-5-8-19)26-25(27-28)24(31-26)16-20-9-6-10-23(15-20)29-2/h3-16,28H,17H2,1-2H3/b24-16-,26-18-,27-25+. The van der Waals surface area contributed by atoms with Crippen molar-refractivity contribution in [3.05, 3.63) is 107 Å². The minimum absolute atomic E-state index is 0.421. The maximum atomic E-state index is 9.51. The van der Waals surface area contributed by atoms with Gasteiger partial charge in [-0.15, -0.1) is 0 Å². The number of oxime groups is 1. The smallest absolute Gasteiger partial charge is 0.187 e. The monoisotopic (exact) mass is 413 g/mol. The molecule has 5 nitrogen and oxygen atoms in total. The van der Waals surface area contributed by atoms with E-state index >= 15 is 0 Å². The highest BCUT2D eigenvalue weighted by Crippen LogP contribution is 2.34. The Hall–Kier alpha value is -3.99. The van der Waals surface area contributed by atoms with Crippen molar-refractivity contribution in [2.24, 2.45) is 5.16 Å². The SMILES string of the molecule is COc1cccc(\C=C2/OC(=C(/C)c3ccc(OCc4ccccc4)cc3)/C2=N/O)c1. The summed E-state index contributed by atoms with van der Waals surface area (Å²) >= 11 is 0. The lowest BCUT2D eigenvalue weighted by atomic mass is 9.99. The third kappa shape index (κ3) is 4.61. The predicted molar refractivity (Wildman–Crippen MR) is 121 cm³/mol. The number of allylic oxidation sites excluding steroid dienone is 1. The second-order valence-electron chi connectivity index (χ2n) is 7.09. The molecule has 31 heavy (non-hydrogen) atoms. The van der Waals surface area contributed by atoms with Crippen molar-refractivity contribution in [1.82, 2.24) is 0 Å². The Morgan fingerprint density at radius 3 is 2.45 bits per heavy atom. The zero-order valence-corrected chi connectivity index (χ0v) is 17.4. The highest BCUT2D eigenvalue weighted by Gasteiger charge is 2.31. The molecular weight excluding hydrogens is 390 g/mol. The summed E-state index contributed by atoms with van der Waals surface area (Å²) in [5.41, 5.74) is 4.28. The minimum Gasteiger partial charge on any atom is -0.497 e. The Morgan fingerprint density at radius 1 is 0.968 bits per heavy atom. The molecule has 0 unspecified atom stereocenters. The lowest BCUT2D eigenvalue weighted by Crippen LogP contribution is -2.24. The number of benzene rings is 3. The van der Waals surface area contributed by atoms with Gasteiger partial charge in [-0.2, -0.15) is 0 Å². The highest BCUT2D eigenvalue weighted by molar-refractivity contribution is 6.20. The summed E-state index contributed by atoms with van der Waals surface area (Å²) < 4.78 is 16.9. The van der Waals surface area contributed by atoms with Crippen molar-refractivity contribution in [3.63, 3.8) is 0 Å². The molecule has 0 spiro atoms. The van der Waals surface area contributed by atoms with Crippen LogP contribution in [0.2, 0.25) is 0 Å². The first kappa shape index (κ1) is 20.3. The fourth-order valence-electron chi connectivity index (χ4n) is 3.27. The first-order chi connectivity index (χ1) is 15.2. The van der Waals surface area contributed by atoms with Gasteiger partial charge in [0, 0.05) is 5.57 Å². The van der Waals surface area contributed by atoms with E-state index in [1.807, 2.05) is 91.9 Å². The summed E-state index contributed by atoms with van der Waals surface area (Å²) in [7, 11) is 1.62. The molecule has 1 saturated heterocycles. The number of hydrogen-bond acceptors (Lipinski definition) is 5. The normalized spacial score (nSPS) is 17.1. The molecule has 0 atom stereocenters. The number of nitrogens with zero attached hydrogens (tertiary/aromatic N) is 1. The predicted octanol–water partition coefficient (Wildman–Crippen LogP) is 5.91. The summed E-state index contributed by atoms with van der Waals surface area (Å²) in [6, 6.07) is 25.4. The molecule has 156 valence electrons. The van der Waals surface area contributed by atoms with Gasteiger partial charge in [-0.1, -0.05) is 59.8 Å². The van der Waals surface area contributed by atoms with Gasteiger partial charge in [0.05, 0.1) is 7.11 Å². The fourth-order valence-corrected chi connectivity index (χ4v) is 3.27. The van der Waals surface area contributed by atoms with Gasteiger partial charge in [0.25, 0.3) is 0 Å². The Bertz CT molecular complexity index is 1150. The van der Waals surface area contributed by atoms with Gasteiger partial charge in [0.15, 0.2) is 17.2 Å². The molecule has 4 rings (SSSR count). The molecule has 5 heteroatoms. The van der Waals surface area contributed by atoms with Crippen LogP contribution in [0.5, 0.6) is 11.5 Å². The molecule has 1 aliphatic heterocycles. The summed E-state index contributed by atoms with van der Waals surface area (Å²) in [6.45, 7) is 2.45. The lowest BCUT2D eigenvalue weighted by Gasteiger charge is -2.26. The average molecular weight is 413 g/mol. The van der Waals surface area contributed by atoms with E-state index in [-0.39, 0.29) is 0 Å². The Kier molecular flexibility index (Phi) is 6.03. The Labute approximate surface area is 181 Å². The average Bonchev–Trinajstić information content (AvgIpc) is 2.81. The van der Waals surface area contributed by atoms with Crippen LogP contribution in [0.1, 0.15) is 23.6 Å². The summed E-state index contributed by atoms with van der Waals surface area (Å²) in [5.74, 6) is 2.59. The molecule has 0 radical (unpaired) electrons. The molecule has 1 aliphatic rings. The summed E-state index contributed by atoms with van der Waals surface area (Å²) in [4.78, 5) is 0. The molecule has 1 N–H and O–H groups in total. The van der Waals surface area contributed by atoms with Crippen LogP contribution in [-0.4, -0.2) is 18.0 Å². The Balaban J connectivity index is 1.47. The lowest BCUT2D eigenvalue weighted by molar-refractivity contribution is 0.276. The van der Waals surface area contributed by atoms with E-state index < -0.39 is 0 Å². The van der Waals surface area contributed by atoms with Gasteiger partial charge in [0.2, 0.25) is 0 Å². The van der Waals surface area contributed by atoms with E-state index in [0.29, 0.717) is 23.8 Å². The van der Waals surface area contributed by atoms with Crippen molar-refractivity contribution in [3.8, 4) is 11.5 Å². The summed E-state index contributed by atoms with van der Waals surface area (Å²) in [6.07, 6.45) is 1.81. The van der Waals surface area contributed by atoms with E-state index in [9.17, 15) is 5.21 Å². The summed E-state index contributed by atoms with van der Waals surface area (Å²) in [5, 5.41) is 12.9. The molecular formula is C26H23NO4. The topological polar surface area (TPSA) is 60.3 Å². The van der Waals surface area contributed by atoms with Crippen LogP contribution in [0.25, 0.3) is 11.6 Å². The van der Waals surface area contributed by atoms with E-state index in [4.69, 9.17) is 14.2 Å². The number of methoxy groups -OCH3 is 1. The van der Waals surface area contributed by atoms with Crippen LogP contribution in [0.15, 0.2) is 95.5 Å². The molecule has 3 aromatic carbocycles. The third-order valence-electron chi connectivity index (χ3n) is 5.03. The van der Waals surface area contributed by atoms with Gasteiger partial charge in [0.1, 0.15) is 18.1 Å². The van der Waals surface area contributed by atoms with Crippen LogP contribution < -0.4 is 9.47 Å². The second-order valence-corrected chi connectivity index (χ2v) is 7.09. The zero-order valence-electron chi connectivity index (χ0n) is 17.4. The van der Waals surface area contributed by atoms with Crippen LogP contribution in [0, 0.1) is 0 Å². The molecule has 0 aromatic heterocycles. The van der Waals surface area contributed by atoms with Gasteiger partial charge in [-0.25, -0.2) is 0 Å². The molecule has 0 saturated carbocycles. The molecule has 0 aliphatic carbocycles. The number of rotatable bonds is 6. The van der Waals surface area contributed by atoms with E-state index in [0.717, 1.165) is 33.8 Å².